The zero-order chi connectivity index (χ0) is 15.1. The SMILES string of the molecule is Cc1cccnc1CCNC(=O)N[C@H](C(N)=O)C(C)C. The summed E-state index contributed by atoms with van der Waals surface area (Å²) in [4.78, 5) is 27.1. The summed E-state index contributed by atoms with van der Waals surface area (Å²) in [5.74, 6) is -0.577. The second kappa shape index (κ2) is 7.47. The van der Waals surface area contributed by atoms with Gasteiger partial charge in [-0.3, -0.25) is 9.78 Å². The lowest BCUT2D eigenvalue weighted by Crippen LogP contribution is -2.51. The van der Waals surface area contributed by atoms with Crippen molar-refractivity contribution in [2.45, 2.75) is 33.2 Å². The number of carbonyl (C=O) groups is 2. The van der Waals surface area contributed by atoms with Crippen LogP contribution in [0.1, 0.15) is 25.1 Å². The maximum atomic E-state index is 11.7. The first-order valence-corrected chi connectivity index (χ1v) is 6.66. The Morgan fingerprint density at radius 2 is 2.10 bits per heavy atom. The van der Waals surface area contributed by atoms with E-state index in [1.807, 2.05) is 32.9 Å². The molecular formula is C14H22N4O2. The minimum Gasteiger partial charge on any atom is -0.368 e. The van der Waals surface area contributed by atoms with E-state index in [4.69, 9.17) is 5.73 Å². The van der Waals surface area contributed by atoms with E-state index in [0.29, 0.717) is 13.0 Å². The molecule has 1 atom stereocenters. The van der Waals surface area contributed by atoms with Gasteiger partial charge >= 0.3 is 6.03 Å². The summed E-state index contributed by atoms with van der Waals surface area (Å²) in [6.07, 6.45) is 2.37. The summed E-state index contributed by atoms with van der Waals surface area (Å²) >= 11 is 0. The zero-order valence-electron chi connectivity index (χ0n) is 12.1. The number of primary amides is 1. The lowest BCUT2D eigenvalue weighted by atomic mass is 10.0. The van der Waals surface area contributed by atoms with E-state index in [-0.39, 0.29) is 5.92 Å². The number of rotatable bonds is 6. The van der Waals surface area contributed by atoms with Crippen LogP contribution >= 0.6 is 0 Å². The van der Waals surface area contributed by atoms with Gasteiger partial charge in [-0.2, -0.15) is 0 Å². The molecule has 0 aliphatic rings. The molecule has 0 aromatic carbocycles. The van der Waals surface area contributed by atoms with E-state index in [1.54, 1.807) is 6.20 Å². The van der Waals surface area contributed by atoms with E-state index < -0.39 is 18.0 Å². The Labute approximate surface area is 119 Å². The molecule has 20 heavy (non-hydrogen) atoms. The molecule has 1 heterocycles. The molecule has 3 amide bonds. The Morgan fingerprint density at radius 3 is 2.65 bits per heavy atom. The molecular weight excluding hydrogens is 256 g/mol. The fourth-order valence-corrected chi connectivity index (χ4v) is 1.83. The molecule has 0 unspecified atom stereocenters. The zero-order valence-corrected chi connectivity index (χ0v) is 12.1. The number of aromatic nitrogens is 1. The molecule has 1 rings (SSSR count). The van der Waals surface area contributed by atoms with Crippen molar-refractivity contribution < 1.29 is 9.59 Å². The lowest BCUT2D eigenvalue weighted by Gasteiger charge is -2.19. The average Bonchev–Trinajstić information content (AvgIpc) is 2.37. The molecule has 1 aromatic rings. The monoisotopic (exact) mass is 278 g/mol. The van der Waals surface area contributed by atoms with Crippen molar-refractivity contribution in [2.24, 2.45) is 11.7 Å². The van der Waals surface area contributed by atoms with Crippen LogP contribution in [-0.2, 0) is 11.2 Å². The van der Waals surface area contributed by atoms with Crippen LogP contribution in [0.3, 0.4) is 0 Å². The van der Waals surface area contributed by atoms with E-state index in [2.05, 4.69) is 15.6 Å². The topological polar surface area (TPSA) is 97.1 Å². The van der Waals surface area contributed by atoms with Crippen molar-refractivity contribution in [3.05, 3.63) is 29.6 Å². The quantitative estimate of drug-likeness (QED) is 0.716. The second-order valence-electron chi connectivity index (χ2n) is 5.04. The molecule has 0 saturated heterocycles. The van der Waals surface area contributed by atoms with Gasteiger partial charge in [0.15, 0.2) is 0 Å². The highest BCUT2D eigenvalue weighted by molar-refractivity contribution is 5.86. The fourth-order valence-electron chi connectivity index (χ4n) is 1.83. The Morgan fingerprint density at radius 1 is 1.40 bits per heavy atom. The average molecular weight is 278 g/mol. The van der Waals surface area contributed by atoms with Gasteiger partial charge in [0.2, 0.25) is 5.91 Å². The van der Waals surface area contributed by atoms with E-state index in [1.165, 1.54) is 0 Å². The van der Waals surface area contributed by atoms with Gasteiger partial charge in [0.05, 0.1) is 0 Å². The Kier molecular flexibility index (Phi) is 5.96. The number of nitrogens with one attached hydrogen (secondary N) is 2. The van der Waals surface area contributed by atoms with Crippen molar-refractivity contribution in [1.29, 1.82) is 0 Å². The van der Waals surface area contributed by atoms with Crippen LogP contribution in [0.25, 0.3) is 0 Å². The highest BCUT2D eigenvalue weighted by Gasteiger charge is 2.21. The van der Waals surface area contributed by atoms with Crippen molar-refractivity contribution in [1.82, 2.24) is 15.6 Å². The van der Waals surface area contributed by atoms with Crippen LogP contribution in [0.4, 0.5) is 4.79 Å². The number of carbonyl (C=O) groups excluding carboxylic acids is 2. The Bertz CT molecular complexity index is 474. The smallest absolute Gasteiger partial charge is 0.315 e. The number of nitrogens with two attached hydrogens (primary N) is 1. The maximum Gasteiger partial charge on any atom is 0.315 e. The van der Waals surface area contributed by atoms with Crippen LogP contribution in [0.15, 0.2) is 18.3 Å². The summed E-state index contributed by atoms with van der Waals surface area (Å²) in [5, 5.41) is 5.27. The first kappa shape index (κ1) is 15.9. The minimum absolute atomic E-state index is 0.0451. The van der Waals surface area contributed by atoms with Crippen molar-refractivity contribution in [3.8, 4) is 0 Å². The molecule has 0 aliphatic carbocycles. The van der Waals surface area contributed by atoms with Gasteiger partial charge in [-0.15, -0.1) is 0 Å². The molecule has 0 aliphatic heterocycles. The second-order valence-corrected chi connectivity index (χ2v) is 5.04. The van der Waals surface area contributed by atoms with Crippen LogP contribution in [0.2, 0.25) is 0 Å². The van der Waals surface area contributed by atoms with Crippen LogP contribution in [-0.4, -0.2) is 29.5 Å². The summed E-state index contributed by atoms with van der Waals surface area (Å²) in [5.41, 5.74) is 7.27. The summed E-state index contributed by atoms with van der Waals surface area (Å²) in [6.45, 7) is 6.08. The largest absolute Gasteiger partial charge is 0.368 e. The maximum absolute atomic E-state index is 11.7. The highest BCUT2D eigenvalue weighted by atomic mass is 16.2. The van der Waals surface area contributed by atoms with Gasteiger partial charge in [-0.25, -0.2) is 4.79 Å². The molecule has 6 heteroatoms. The first-order valence-electron chi connectivity index (χ1n) is 6.66. The molecule has 110 valence electrons. The van der Waals surface area contributed by atoms with E-state index >= 15 is 0 Å². The summed E-state index contributed by atoms with van der Waals surface area (Å²) in [7, 11) is 0. The molecule has 1 aromatic heterocycles. The standard InChI is InChI=1S/C14H22N4O2/c1-9(2)12(13(15)19)18-14(20)17-8-6-11-10(3)5-4-7-16-11/h4-5,7,9,12H,6,8H2,1-3H3,(H2,15,19)(H2,17,18,20)/t12-/m0/s1. The van der Waals surface area contributed by atoms with Gasteiger partial charge in [-0.1, -0.05) is 19.9 Å². The van der Waals surface area contributed by atoms with Crippen molar-refractivity contribution in [3.63, 3.8) is 0 Å². The van der Waals surface area contributed by atoms with Gasteiger partial charge in [0, 0.05) is 24.9 Å². The number of hydrogen-bond acceptors (Lipinski definition) is 3. The predicted octanol–water partition coefficient (Wildman–Crippen LogP) is 0.742. The molecule has 0 radical (unpaired) electrons. The van der Waals surface area contributed by atoms with Crippen LogP contribution in [0, 0.1) is 12.8 Å². The number of aryl methyl sites for hydroxylation is 1. The van der Waals surface area contributed by atoms with Gasteiger partial charge in [0.25, 0.3) is 0 Å². The Balaban J connectivity index is 2.40. The highest BCUT2D eigenvalue weighted by Crippen LogP contribution is 2.03. The summed E-state index contributed by atoms with van der Waals surface area (Å²) < 4.78 is 0. The van der Waals surface area contributed by atoms with Crippen LogP contribution < -0.4 is 16.4 Å². The molecule has 0 fully saturated rings. The van der Waals surface area contributed by atoms with Crippen LogP contribution in [0.5, 0.6) is 0 Å². The molecule has 0 bridgehead atoms. The number of hydrogen-bond donors (Lipinski definition) is 3. The van der Waals surface area contributed by atoms with Crippen molar-refractivity contribution >= 4 is 11.9 Å². The van der Waals surface area contributed by atoms with Crippen molar-refractivity contribution in [2.75, 3.05) is 6.54 Å². The van der Waals surface area contributed by atoms with E-state index in [9.17, 15) is 9.59 Å². The van der Waals surface area contributed by atoms with Gasteiger partial charge in [-0.05, 0) is 24.5 Å². The first-order chi connectivity index (χ1) is 9.41. The number of nitrogens with zero attached hydrogens (tertiary/aromatic N) is 1. The molecule has 4 N–H and O–H groups in total. The van der Waals surface area contributed by atoms with E-state index in [0.717, 1.165) is 11.3 Å². The number of urea groups is 1. The lowest BCUT2D eigenvalue weighted by molar-refractivity contribution is -0.120. The molecule has 0 spiro atoms. The normalized spacial score (nSPS) is 12.0. The number of amides is 3. The number of pyridine rings is 1. The molecule has 6 nitrogen and oxygen atoms in total. The summed E-state index contributed by atoms with van der Waals surface area (Å²) in [6, 6.07) is 2.80. The third-order valence-electron chi connectivity index (χ3n) is 3.03. The third-order valence-corrected chi connectivity index (χ3v) is 3.03. The minimum atomic E-state index is -0.661. The Hall–Kier alpha value is -2.11. The molecule has 0 saturated carbocycles. The predicted molar refractivity (Wildman–Crippen MR) is 77.0 cm³/mol. The third kappa shape index (κ3) is 4.87. The van der Waals surface area contributed by atoms with Gasteiger partial charge in [0.1, 0.15) is 6.04 Å². The van der Waals surface area contributed by atoms with Gasteiger partial charge < -0.3 is 16.4 Å². The fraction of sp³-hybridized carbons (Fsp3) is 0.500.